The van der Waals surface area contributed by atoms with Crippen molar-refractivity contribution in [3.05, 3.63) is 48.2 Å². The summed E-state index contributed by atoms with van der Waals surface area (Å²) < 4.78 is 1.81. The highest BCUT2D eigenvalue weighted by Gasteiger charge is 2.17. The summed E-state index contributed by atoms with van der Waals surface area (Å²) in [5, 5.41) is 8.08. The summed E-state index contributed by atoms with van der Waals surface area (Å²) in [6.07, 6.45) is 1.72. The van der Waals surface area contributed by atoms with E-state index >= 15 is 0 Å². The lowest BCUT2D eigenvalue weighted by molar-refractivity contribution is 0.0945. The van der Waals surface area contributed by atoms with Gasteiger partial charge in [0, 0.05) is 18.2 Å². The summed E-state index contributed by atoms with van der Waals surface area (Å²) in [4.78, 5) is 17.3. The van der Waals surface area contributed by atoms with Crippen LogP contribution in [-0.4, -0.2) is 26.7 Å². The van der Waals surface area contributed by atoms with Crippen molar-refractivity contribution in [2.24, 2.45) is 0 Å². The topological polar surface area (TPSA) is 59.8 Å². The van der Waals surface area contributed by atoms with E-state index in [1.54, 1.807) is 6.20 Å². The predicted octanol–water partition coefficient (Wildman–Crippen LogP) is 3.26. The zero-order chi connectivity index (χ0) is 16.4. The molecular formula is C18H20N4O. The van der Waals surface area contributed by atoms with Crippen LogP contribution < -0.4 is 5.32 Å². The van der Waals surface area contributed by atoms with Gasteiger partial charge in [-0.25, -0.2) is 9.67 Å². The number of fused-ring (bicyclic) bond motifs is 1. The van der Waals surface area contributed by atoms with Gasteiger partial charge in [0.15, 0.2) is 5.65 Å². The van der Waals surface area contributed by atoms with E-state index in [-0.39, 0.29) is 11.9 Å². The zero-order valence-electron chi connectivity index (χ0n) is 13.6. The Morgan fingerprint density at radius 2 is 2.00 bits per heavy atom. The van der Waals surface area contributed by atoms with E-state index in [0.29, 0.717) is 12.1 Å². The minimum absolute atomic E-state index is 0.0760. The number of pyridine rings is 1. The Hall–Kier alpha value is -2.69. The second-order valence-electron chi connectivity index (χ2n) is 5.75. The second kappa shape index (κ2) is 6.20. The molecule has 2 heterocycles. The summed E-state index contributed by atoms with van der Waals surface area (Å²) in [5.74, 6) is -0.0970. The average Bonchev–Trinajstić information content (AvgIpc) is 2.97. The number of aromatic nitrogens is 3. The molecule has 0 spiro atoms. The first-order valence-corrected chi connectivity index (χ1v) is 7.83. The largest absolute Gasteiger partial charge is 0.350 e. The molecule has 3 aromatic rings. The van der Waals surface area contributed by atoms with Gasteiger partial charge in [0.1, 0.15) is 0 Å². The summed E-state index contributed by atoms with van der Waals surface area (Å²) in [5.41, 5.74) is 3.11. The minimum Gasteiger partial charge on any atom is -0.350 e. The highest BCUT2D eigenvalue weighted by atomic mass is 16.1. The Labute approximate surface area is 135 Å². The number of nitrogens with zero attached hydrogens (tertiary/aromatic N) is 3. The van der Waals surface area contributed by atoms with Crippen LogP contribution >= 0.6 is 0 Å². The third-order valence-electron chi connectivity index (χ3n) is 3.64. The lowest BCUT2D eigenvalue weighted by Gasteiger charge is -2.11. The molecular weight excluding hydrogens is 288 g/mol. The van der Waals surface area contributed by atoms with E-state index in [4.69, 9.17) is 4.98 Å². The Kier molecular flexibility index (Phi) is 4.10. The predicted molar refractivity (Wildman–Crippen MR) is 91.2 cm³/mol. The first-order chi connectivity index (χ1) is 11.1. The van der Waals surface area contributed by atoms with Crippen molar-refractivity contribution < 1.29 is 4.79 Å². The Morgan fingerprint density at radius 1 is 1.26 bits per heavy atom. The number of rotatable bonds is 4. The molecule has 2 aromatic heterocycles. The number of nitrogens with one attached hydrogen (secondary N) is 1. The van der Waals surface area contributed by atoms with Gasteiger partial charge in [0.2, 0.25) is 0 Å². The van der Waals surface area contributed by atoms with Crippen LogP contribution in [0.3, 0.4) is 0 Å². The number of benzene rings is 1. The fourth-order valence-electron chi connectivity index (χ4n) is 2.56. The zero-order valence-corrected chi connectivity index (χ0v) is 13.6. The molecule has 0 saturated heterocycles. The normalized spacial score (nSPS) is 11.1. The van der Waals surface area contributed by atoms with Crippen LogP contribution in [0.5, 0.6) is 0 Å². The van der Waals surface area contributed by atoms with E-state index in [2.05, 4.69) is 10.4 Å². The van der Waals surface area contributed by atoms with Crippen molar-refractivity contribution in [1.82, 2.24) is 20.1 Å². The molecule has 1 N–H and O–H groups in total. The van der Waals surface area contributed by atoms with Gasteiger partial charge in [0.25, 0.3) is 5.91 Å². The molecule has 0 saturated carbocycles. The van der Waals surface area contributed by atoms with Crippen LogP contribution in [0.1, 0.15) is 31.1 Å². The lowest BCUT2D eigenvalue weighted by atomic mass is 10.1. The molecule has 118 valence electrons. The molecule has 0 bridgehead atoms. The first kappa shape index (κ1) is 15.2. The van der Waals surface area contributed by atoms with Crippen LogP contribution in [0.25, 0.3) is 22.3 Å². The van der Waals surface area contributed by atoms with E-state index in [1.807, 2.05) is 61.9 Å². The maximum atomic E-state index is 12.6. The van der Waals surface area contributed by atoms with Crippen molar-refractivity contribution in [2.75, 3.05) is 0 Å². The number of carbonyl (C=O) groups excluding carboxylic acids is 1. The van der Waals surface area contributed by atoms with Gasteiger partial charge in [-0.3, -0.25) is 4.79 Å². The molecule has 23 heavy (non-hydrogen) atoms. The number of hydrogen-bond donors (Lipinski definition) is 1. The van der Waals surface area contributed by atoms with E-state index in [0.717, 1.165) is 22.3 Å². The smallest absolute Gasteiger partial charge is 0.252 e. The molecule has 5 nitrogen and oxygen atoms in total. The Balaban J connectivity index is 2.21. The van der Waals surface area contributed by atoms with Crippen molar-refractivity contribution in [3.8, 4) is 11.3 Å². The SMILES string of the molecule is CCn1ncc2c(C(=O)NC(C)C)cc(-c3ccccc3)nc21. The Bertz CT molecular complexity index is 837. The van der Waals surface area contributed by atoms with Crippen molar-refractivity contribution in [1.29, 1.82) is 0 Å². The molecule has 0 unspecified atom stereocenters. The minimum atomic E-state index is -0.0970. The van der Waals surface area contributed by atoms with E-state index in [1.165, 1.54) is 0 Å². The van der Waals surface area contributed by atoms with Crippen LogP contribution in [-0.2, 0) is 6.54 Å². The van der Waals surface area contributed by atoms with Crippen molar-refractivity contribution >= 4 is 16.9 Å². The number of amides is 1. The molecule has 0 radical (unpaired) electrons. The Morgan fingerprint density at radius 3 is 2.65 bits per heavy atom. The molecule has 0 fully saturated rings. The van der Waals surface area contributed by atoms with Gasteiger partial charge >= 0.3 is 0 Å². The van der Waals surface area contributed by atoms with Gasteiger partial charge in [-0.05, 0) is 26.8 Å². The van der Waals surface area contributed by atoms with Gasteiger partial charge in [-0.2, -0.15) is 5.10 Å². The quantitative estimate of drug-likeness (QED) is 0.805. The van der Waals surface area contributed by atoms with Gasteiger partial charge in [-0.15, -0.1) is 0 Å². The third kappa shape index (κ3) is 2.95. The van der Waals surface area contributed by atoms with Gasteiger partial charge in [-0.1, -0.05) is 30.3 Å². The van der Waals surface area contributed by atoms with Crippen molar-refractivity contribution in [3.63, 3.8) is 0 Å². The fourth-order valence-corrected chi connectivity index (χ4v) is 2.56. The maximum absolute atomic E-state index is 12.6. The van der Waals surface area contributed by atoms with E-state index < -0.39 is 0 Å². The monoisotopic (exact) mass is 308 g/mol. The lowest BCUT2D eigenvalue weighted by Crippen LogP contribution is -2.30. The van der Waals surface area contributed by atoms with Crippen LogP contribution in [0, 0.1) is 0 Å². The summed E-state index contributed by atoms with van der Waals surface area (Å²) in [6, 6.07) is 11.8. The molecule has 0 aliphatic rings. The van der Waals surface area contributed by atoms with Crippen molar-refractivity contribution in [2.45, 2.75) is 33.4 Å². The van der Waals surface area contributed by atoms with Crippen LogP contribution in [0.15, 0.2) is 42.6 Å². The number of carbonyl (C=O) groups is 1. The molecule has 5 heteroatoms. The number of hydrogen-bond acceptors (Lipinski definition) is 3. The van der Waals surface area contributed by atoms with E-state index in [9.17, 15) is 4.79 Å². The van der Waals surface area contributed by atoms with Gasteiger partial charge in [0.05, 0.1) is 22.8 Å². The third-order valence-corrected chi connectivity index (χ3v) is 3.64. The standard InChI is InChI=1S/C18H20N4O/c1-4-22-17-15(11-19-22)14(18(23)20-12(2)3)10-16(21-17)13-8-6-5-7-9-13/h5-12H,4H2,1-3H3,(H,20,23). The summed E-state index contributed by atoms with van der Waals surface area (Å²) >= 11 is 0. The van der Waals surface area contributed by atoms with Crippen LogP contribution in [0.4, 0.5) is 0 Å². The molecule has 1 aromatic carbocycles. The molecule has 0 aliphatic heterocycles. The molecule has 0 aliphatic carbocycles. The number of aryl methyl sites for hydroxylation is 1. The fraction of sp³-hybridized carbons (Fsp3) is 0.278. The maximum Gasteiger partial charge on any atom is 0.252 e. The average molecular weight is 308 g/mol. The highest BCUT2D eigenvalue weighted by Crippen LogP contribution is 2.24. The van der Waals surface area contributed by atoms with Gasteiger partial charge < -0.3 is 5.32 Å². The molecule has 0 atom stereocenters. The summed E-state index contributed by atoms with van der Waals surface area (Å²) in [6.45, 7) is 6.62. The molecule has 3 rings (SSSR count). The van der Waals surface area contributed by atoms with Crippen LogP contribution in [0.2, 0.25) is 0 Å². The summed E-state index contributed by atoms with van der Waals surface area (Å²) in [7, 11) is 0. The molecule has 1 amide bonds. The highest BCUT2D eigenvalue weighted by molar-refractivity contribution is 6.06. The second-order valence-corrected chi connectivity index (χ2v) is 5.75. The first-order valence-electron chi connectivity index (χ1n) is 7.83.